The molecule has 0 fully saturated rings. The van der Waals surface area contributed by atoms with Crippen LogP contribution in [0.1, 0.15) is 48.3 Å². The Bertz CT molecular complexity index is 709. The Balaban J connectivity index is 2.07. The molecule has 1 aromatic heterocycles. The van der Waals surface area contributed by atoms with Crippen molar-refractivity contribution in [3.05, 3.63) is 40.0 Å². The summed E-state index contributed by atoms with van der Waals surface area (Å²) in [5, 5.41) is 4.65. The first-order valence-electron chi connectivity index (χ1n) is 7.48. The molecule has 0 aliphatic heterocycles. The predicted molar refractivity (Wildman–Crippen MR) is 86.0 cm³/mol. The molecule has 1 heterocycles. The van der Waals surface area contributed by atoms with Crippen LogP contribution in [0.3, 0.4) is 0 Å². The predicted octanol–water partition coefficient (Wildman–Crippen LogP) is 3.91. The number of benzene rings is 1. The van der Waals surface area contributed by atoms with E-state index in [0.717, 1.165) is 40.9 Å². The van der Waals surface area contributed by atoms with Crippen LogP contribution < -0.4 is 5.32 Å². The fourth-order valence-corrected chi connectivity index (χ4v) is 3.22. The molecule has 3 rings (SSSR count). The van der Waals surface area contributed by atoms with Crippen LogP contribution in [-0.2, 0) is 12.8 Å². The number of rotatable bonds is 2. The summed E-state index contributed by atoms with van der Waals surface area (Å²) in [7, 11) is 0. The van der Waals surface area contributed by atoms with Crippen molar-refractivity contribution in [2.24, 2.45) is 0 Å². The minimum Gasteiger partial charge on any atom is -0.350 e. The molecule has 110 valence electrons. The molecule has 0 radical (unpaired) electrons. The Morgan fingerprint density at radius 2 is 2.05 bits per heavy atom. The highest BCUT2D eigenvalue weighted by atomic mass is 35.5. The van der Waals surface area contributed by atoms with Crippen LogP contribution in [0, 0.1) is 0 Å². The van der Waals surface area contributed by atoms with Crippen molar-refractivity contribution in [3.8, 4) is 0 Å². The topological polar surface area (TPSA) is 42.0 Å². The van der Waals surface area contributed by atoms with Crippen LogP contribution in [-0.4, -0.2) is 16.9 Å². The molecule has 1 aliphatic rings. The number of nitrogens with zero attached hydrogens (tertiary/aromatic N) is 1. The lowest BCUT2D eigenvalue weighted by molar-refractivity contribution is 0.0943. The third-order valence-corrected chi connectivity index (χ3v) is 4.31. The van der Waals surface area contributed by atoms with Crippen LogP contribution >= 0.6 is 11.6 Å². The Hall–Kier alpha value is -1.61. The summed E-state index contributed by atoms with van der Waals surface area (Å²) in [6.07, 6.45) is 4.32. The summed E-state index contributed by atoms with van der Waals surface area (Å²) in [5.74, 6) is -0.0671. The van der Waals surface area contributed by atoms with Gasteiger partial charge in [0.05, 0.1) is 10.5 Å². The lowest BCUT2D eigenvalue weighted by atomic mass is 9.94. The van der Waals surface area contributed by atoms with E-state index in [1.807, 2.05) is 32.0 Å². The van der Waals surface area contributed by atoms with E-state index in [1.54, 1.807) is 0 Å². The van der Waals surface area contributed by atoms with E-state index >= 15 is 0 Å². The quantitative estimate of drug-likeness (QED) is 0.914. The van der Waals surface area contributed by atoms with Gasteiger partial charge in [-0.2, -0.15) is 0 Å². The van der Waals surface area contributed by atoms with Gasteiger partial charge in [-0.05, 0) is 57.2 Å². The lowest BCUT2D eigenvalue weighted by Gasteiger charge is -2.18. The lowest BCUT2D eigenvalue weighted by Crippen LogP contribution is -2.30. The zero-order valence-electron chi connectivity index (χ0n) is 12.4. The normalized spacial score (nSPS) is 14.3. The standard InChI is InChI=1S/C17H19ClN2O/c1-10(2)19-17(21)11-7-8-13-15(9-11)20-14-6-4-3-5-12(14)16(13)18/h7-10H,3-6H2,1-2H3,(H,19,21). The smallest absolute Gasteiger partial charge is 0.251 e. The van der Waals surface area contributed by atoms with E-state index in [2.05, 4.69) is 5.32 Å². The molecular formula is C17H19ClN2O. The minimum atomic E-state index is -0.0671. The fraction of sp³-hybridized carbons (Fsp3) is 0.412. The zero-order valence-corrected chi connectivity index (χ0v) is 13.1. The number of nitrogens with one attached hydrogen (secondary N) is 1. The summed E-state index contributed by atoms with van der Waals surface area (Å²) in [6.45, 7) is 3.90. The number of fused-ring (bicyclic) bond motifs is 2. The highest BCUT2D eigenvalue weighted by molar-refractivity contribution is 6.36. The van der Waals surface area contributed by atoms with Crippen LogP contribution in [0.25, 0.3) is 10.9 Å². The van der Waals surface area contributed by atoms with E-state index in [4.69, 9.17) is 16.6 Å². The number of carbonyl (C=O) groups excluding carboxylic acids is 1. The second-order valence-electron chi connectivity index (χ2n) is 5.92. The number of aryl methyl sites for hydroxylation is 1. The number of halogens is 1. The number of pyridine rings is 1. The molecule has 2 aromatic rings. The van der Waals surface area contributed by atoms with Crippen LogP contribution in [0.4, 0.5) is 0 Å². The molecule has 0 bridgehead atoms. The summed E-state index contributed by atoms with van der Waals surface area (Å²) in [6, 6.07) is 5.69. The molecule has 0 atom stereocenters. The fourth-order valence-electron chi connectivity index (χ4n) is 2.85. The highest BCUT2D eigenvalue weighted by Crippen LogP contribution is 2.33. The van der Waals surface area contributed by atoms with Crippen molar-refractivity contribution < 1.29 is 4.79 Å². The zero-order chi connectivity index (χ0) is 15.0. The van der Waals surface area contributed by atoms with Gasteiger partial charge in [-0.15, -0.1) is 0 Å². The highest BCUT2D eigenvalue weighted by Gasteiger charge is 2.18. The second-order valence-corrected chi connectivity index (χ2v) is 6.30. The molecule has 0 saturated heterocycles. The van der Waals surface area contributed by atoms with Gasteiger partial charge < -0.3 is 5.32 Å². The minimum absolute atomic E-state index is 0.0671. The number of carbonyl (C=O) groups is 1. The molecule has 0 unspecified atom stereocenters. The van der Waals surface area contributed by atoms with Crippen molar-refractivity contribution >= 4 is 28.4 Å². The molecule has 1 aliphatic carbocycles. The Kier molecular flexibility index (Phi) is 3.85. The molecule has 1 amide bonds. The van der Waals surface area contributed by atoms with Crippen molar-refractivity contribution in [2.75, 3.05) is 0 Å². The van der Waals surface area contributed by atoms with Gasteiger partial charge in [0.1, 0.15) is 0 Å². The van der Waals surface area contributed by atoms with Crippen molar-refractivity contribution in [3.63, 3.8) is 0 Å². The molecule has 3 nitrogen and oxygen atoms in total. The first-order valence-corrected chi connectivity index (χ1v) is 7.86. The molecule has 1 aromatic carbocycles. The molecule has 21 heavy (non-hydrogen) atoms. The first-order chi connectivity index (χ1) is 10.1. The molecular weight excluding hydrogens is 284 g/mol. The third-order valence-electron chi connectivity index (χ3n) is 3.88. The average molecular weight is 303 g/mol. The van der Waals surface area contributed by atoms with Crippen LogP contribution in [0.15, 0.2) is 18.2 Å². The molecule has 4 heteroatoms. The summed E-state index contributed by atoms with van der Waals surface area (Å²) >= 11 is 6.54. The van der Waals surface area contributed by atoms with Gasteiger partial charge in [0, 0.05) is 22.7 Å². The maximum atomic E-state index is 12.1. The van der Waals surface area contributed by atoms with Gasteiger partial charge in [-0.3, -0.25) is 9.78 Å². The number of hydrogen-bond donors (Lipinski definition) is 1. The van der Waals surface area contributed by atoms with Crippen LogP contribution in [0.5, 0.6) is 0 Å². The SMILES string of the molecule is CC(C)NC(=O)c1ccc2c(Cl)c3c(nc2c1)CCCC3. The van der Waals surface area contributed by atoms with Crippen molar-refractivity contribution in [2.45, 2.75) is 45.6 Å². The summed E-state index contributed by atoms with van der Waals surface area (Å²) < 4.78 is 0. The maximum Gasteiger partial charge on any atom is 0.251 e. The van der Waals surface area contributed by atoms with Gasteiger partial charge in [0.2, 0.25) is 0 Å². The molecule has 0 saturated carbocycles. The first kappa shape index (κ1) is 14.3. The Morgan fingerprint density at radius 1 is 1.29 bits per heavy atom. The number of hydrogen-bond acceptors (Lipinski definition) is 2. The molecule has 0 spiro atoms. The summed E-state index contributed by atoms with van der Waals surface area (Å²) in [4.78, 5) is 16.8. The largest absolute Gasteiger partial charge is 0.350 e. The second kappa shape index (κ2) is 5.64. The van der Waals surface area contributed by atoms with Gasteiger partial charge in [-0.1, -0.05) is 17.7 Å². The van der Waals surface area contributed by atoms with Gasteiger partial charge in [-0.25, -0.2) is 0 Å². The summed E-state index contributed by atoms with van der Waals surface area (Å²) in [5.41, 5.74) is 3.74. The molecule has 1 N–H and O–H groups in total. The number of aromatic nitrogens is 1. The Labute approximate surface area is 129 Å². The Morgan fingerprint density at radius 3 is 2.81 bits per heavy atom. The maximum absolute atomic E-state index is 12.1. The monoisotopic (exact) mass is 302 g/mol. The van der Waals surface area contributed by atoms with E-state index in [-0.39, 0.29) is 11.9 Å². The van der Waals surface area contributed by atoms with Gasteiger partial charge >= 0.3 is 0 Å². The van der Waals surface area contributed by atoms with Crippen LogP contribution in [0.2, 0.25) is 5.02 Å². The van der Waals surface area contributed by atoms with Crippen molar-refractivity contribution in [1.29, 1.82) is 0 Å². The van der Waals surface area contributed by atoms with E-state index in [0.29, 0.717) is 5.56 Å². The third kappa shape index (κ3) is 2.75. The van der Waals surface area contributed by atoms with Crippen molar-refractivity contribution in [1.82, 2.24) is 10.3 Å². The van der Waals surface area contributed by atoms with Gasteiger partial charge in [0.25, 0.3) is 5.91 Å². The van der Waals surface area contributed by atoms with E-state index in [9.17, 15) is 4.79 Å². The number of amides is 1. The van der Waals surface area contributed by atoms with E-state index < -0.39 is 0 Å². The van der Waals surface area contributed by atoms with E-state index in [1.165, 1.54) is 12.0 Å². The van der Waals surface area contributed by atoms with Gasteiger partial charge in [0.15, 0.2) is 0 Å². The average Bonchev–Trinajstić information content (AvgIpc) is 2.46.